The molecule has 174 valence electrons. The van der Waals surface area contributed by atoms with Crippen LogP contribution in [0.1, 0.15) is 37.8 Å². The zero-order chi connectivity index (χ0) is 24.0. The molecule has 0 amide bonds. The van der Waals surface area contributed by atoms with Gasteiger partial charge in [0.05, 0.1) is 16.7 Å². The Labute approximate surface area is 204 Å². The van der Waals surface area contributed by atoms with Gasteiger partial charge in [-0.25, -0.2) is 4.79 Å². The molecule has 2 N–H and O–H groups in total. The summed E-state index contributed by atoms with van der Waals surface area (Å²) in [6.07, 6.45) is 0.443. The van der Waals surface area contributed by atoms with Crippen molar-refractivity contribution in [3.8, 4) is 17.2 Å². The molecule has 7 heteroatoms. The van der Waals surface area contributed by atoms with Crippen LogP contribution in [0.2, 0.25) is 10.0 Å². The van der Waals surface area contributed by atoms with Gasteiger partial charge in [0.1, 0.15) is 17.5 Å². The molecule has 5 nitrogen and oxygen atoms in total. The first-order valence-corrected chi connectivity index (χ1v) is 11.5. The third-order valence-electron chi connectivity index (χ3n) is 5.03. The van der Waals surface area contributed by atoms with E-state index in [9.17, 15) is 9.90 Å². The summed E-state index contributed by atoms with van der Waals surface area (Å²) >= 11 is 13.0. The first kappa shape index (κ1) is 24.7. The number of anilines is 1. The second-order valence-electron chi connectivity index (χ2n) is 7.89. The van der Waals surface area contributed by atoms with Crippen molar-refractivity contribution in [1.29, 1.82) is 0 Å². The fourth-order valence-corrected chi connectivity index (χ4v) is 3.97. The number of aromatic hydroxyl groups is 1. The van der Waals surface area contributed by atoms with Crippen molar-refractivity contribution < 1.29 is 19.4 Å². The molecule has 1 unspecified atom stereocenters. The zero-order valence-electron chi connectivity index (χ0n) is 18.8. The number of carbonyl (C=O) groups excluding carboxylic acids is 1. The predicted octanol–water partition coefficient (Wildman–Crippen LogP) is 7.20. The van der Waals surface area contributed by atoms with Crippen LogP contribution in [0.3, 0.4) is 0 Å². The van der Waals surface area contributed by atoms with Crippen LogP contribution in [0.25, 0.3) is 0 Å². The molecule has 1 atom stereocenters. The van der Waals surface area contributed by atoms with Gasteiger partial charge < -0.3 is 19.9 Å². The van der Waals surface area contributed by atoms with Crippen LogP contribution in [-0.2, 0) is 16.0 Å². The van der Waals surface area contributed by atoms with Crippen molar-refractivity contribution in [3.05, 3.63) is 81.8 Å². The summed E-state index contributed by atoms with van der Waals surface area (Å²) in [6, 6.07) is 17.4. The van der Waals surface area contributed by atoms with Crippen LogP contribution in [-0.4, -0.2) is 23.7 Å². The third-order valence-corrected chi connectivity index (χ3v) is 5.60. The molecule has 0 radical (unpaired) electrons. The molecular weight excluding hydrogens is 461 g/mol. The number of phenolic OH excluding ortho intramolecular Hbond substituents is 1. The number of ether oxygens (including phenoxy) is 2. The number of phenols is 1. The lowest BCUT2D eigenvalue weighted by Gasteiger charge is -2.20. The molecule has 3 rings (SSSR count). The van der Waals surface area contributed by atoms with E-state index in [-0.39, 0.29) is 34.3 Å². The molecule has 3 aromatic carbocycles. The first-order chi connectivity index (χ1) is 15.8. The molecule has 0 aliphatic heterocycles. The number of rotatable bonds is 9. The molecule has 0 spiro atoms. The smallest absolute Gasteiger partial charge is 0.328 e. The van der Waals surface area contributed by atoms with Crippen molar-refractivity contribution in [2.45, 2.75) is 39.2 Å². The van der Waals surface area contributed by atoms with Gasteiger partial charge >= 0.3 is 5.97 Å². The van der Waals surface area contributed by atoms with Crippen LogP contribution in [0.5, 0.6) is 17.2 Å². The number of hydrogen-bond acceptors (Lipinski definition) is 5. The molecule has 33 heavy (non-hydrogen) atoms. The van der Waals surface area contributed by atoms with Crippen LogP contribution in [0.4, 0.5) is 5.69 Å². The van der Waals surface area contributed by atoms with Gasteiger partial charge in [0, 0.05) is 17.7 Å². The maximum atomic E-state index is 12.5. The molecule has 0 aliphatic carbocycles. The number of esters is 1. The second kappa shape index (κ2) is 11.3. The highest BCUT2D eigenvalue weighted by Crippen LogP contribution is 2.40. The Morgan fingerprint density at radius 1 is 1.03 bits per heavy atom. The van der Waals surface area contributed by atoms with E-state index in [2.05, 4.69) is 5.32 Å². The predicted molar refractivity (Wildman–Crippen MR) is 133 cm³/mol. The quantitative estimate of drug-likeness (QED) is 0.312. The molecule has 3 aromatic rings. The molecule has 0 aromatic heterocycles. The van der Waals surface area contributed by atoms with E-state index in [0.717, 1.165) is 11.1 Å². The molecule has 0 bridgehead atoms. The average molecular weight is 488 g/mol. The maximum Gasteiger partial charge on any atom is 0.328 e. The van der Waals surface area contributed by atoms with Crippen molar-refractivity contribution in [3.63, 3.8) is 0 Å². The van der Waals surface area contributed by atoms with E-state index in [4.69, 9.17) is 32.7 Å². The molecular formula is C26H27Cl2NO4. The molecule has 0 saturated carbocycles. The number of halogens is 2. The highest BCUT2D eigenvalue weighted by atomic mass is 35.5. The SMILES string of the molecule is CCOC(=O)C(Cc1ccccc1)Nc1cc(Cl)c(Oc2ccc(O)c(C(C)C)c2)c(Cl)c1. The first-order valence-electron chi connectivity index (χ1n) is 10.7. The molecule has 0 fully saturated rings. The highest BCUT2D eigenvalue weighted by Gasteiger charge is 2.22. The van der Waals surface area contributed by atoms with E-state index >= 15 is 0 Å². The summed E-state index contributed by atoms with van der Waals surface area (Å²) in [5.74, 6) is 0.766. The highest BCUT2D eigenvalue weighted by molar-refractivity contribution is 6.37. The molecule has 0 saturated heterocycles. The van der Waals surface area contributed by atoms with E-state index in [1.807, 2.05) is 44.2 Å². The summed E-state index contributed by atoms with van der Waals surface area (Å²) in [7, 11) is 0. The van der Waals surface area contributed by atoms with Gasteiger partial charge in [0.15, 0.2) is 5.75 Å². The summed E-state index contributed by atoms with van der Waals surface area (Å²) < 4.78 is 11.2. The van der Waals surface area contributed by atoms with E-state index in [1.54, 1.807) is 37.3 Å². The van der Waals surface area contributed by atoms with E-state index in [0.29, 0.717) is 23.6 Å². The monoisotopic (exact) mass is 487 g/mol. The number of hydrogen-bond donors (Lipinski definition) is 2. The minimum Gasteiger partial charge on any atom is -0.508 e. The lowest BCUT2D eigenvalue weighted by molar-refractivity contribution is -0.144. The lowest BCUT2D eigenvalue weighted by atomic mass is 10.0. The maximum absolute atomic E-state index is 12.5. The Hall–Kier alpha value is -2.89. The van der Waals surface area contributed by atoms with Crippen molar-refractivity contribution >= 4 is 34.9 Å². The van der Waals surface area contributed by atoms with E-state index in [1.165, 1.54) is 0 Å². The summed E-state index contributed by atoms with van der Waals surface area (Å²) in [6.45, 7) is 6.01. The lowest BCUT2D eigenvalue weighted by Crippen LogP contribution is -2.33. The van der Waals surface area contributed by atoms with Crippen LogP contribution in [0, 0.1) is 0 Å². The van der Waals surface area contributed by atoms with Crippen LogP contribution >= 0.6 is 23.2 Å². The fraction of sp³-hybridized carbons (Fsp3) is 0.269. The summed E-state index contributed by atoms with van der Waals surface area (Å²) in [5, 5.41) is 13.8. The number of benzene rings is 3. The Morgan fingerprint density at radius 2 is 1.70 bits per heavy atom. The van der Waals surface area contributed by atoms with Gasteiger partial charge in [0.25, 0.3) is 0 Å². The van der Waals surface area contributed by atoms with Gasteiger partial charge in [-0.05, 0) is 48.7 Å². The minimum atomic E-state index is -0.614. The van der Waals surface area contributed by atoms with Gasteiger partial charge in [-0.1, -0.05) is 67.4 Å². The fourth-order valence-electron chi connectivity index (χ4n) is 3.40. The van der Waals surface area contributed by atoms with E-state index < -0.39 is 6.04 Å². The molecule has 0 aliphatic rings. The summed E-state index contributed by atoms with van der Waals surface area (Å²) in [5.41, 5.74) is 2.32. The average Bonchev–Trinajstić information content (AvgIpc) is 2.77. The third kappa shape index (κ3) is 6.56. The van der Waals surface area contributed by atoms with Crippen molar-refractivity contribution in [2.75, 3.05) is 11.9 Å². The summed E-state index contributed by atoms with van der Waals surface area (Å²) in [4.78, 5) is 12.5. The molecule has 0 heterocycles. The van der Waals surface area contributed by atoms with Crippen molar-refractivity contribution in [1.82, 2.24) is 0 Å². The van der Waals surface area contributed by atoms with Crippen LogP contribution in [0.15, 0.2) is 60.7 Å². The normalized spacial score (nSPS) is 11.8. The largest absolute Gasteiger partial charge is 0.508 e. The topological polar surface area (TPSA) is 67.8 Å². The Balaban J connectivity index is 1.83. The minimum absolute atomic E-state index is 0.121. The Bertz CT molecular complexity index is 1080. The number of nitrogens with one attached hydrogen (secondary N) is 1. The Morgan fingerprint density at radius 3 is 2.30 bits per heavy atom. The van der Waals surface area contributed by atoms with Gasteiger partial charge in [-0.2, -0.15) is 0 Å². The zero-order valence-corrected chi connectivity index (χ0v) is 20.3. The van der Waals surface area contributed by atoms with Gasteiger partial charge in [0.2, 0.25) is 0 Å². The van der Waals surface area contributed by atoms with Gasteiger partial charge in [-0.3, -0.25) is 0 Å². The van der Waals surface area contributed by atoms with Gasteiger partial charge in [-0.15, -0.1) is 0 Å². The Kier molecular flexibility index (Phi) is 8.48. The second-order valence-corrected chi connectivity index (χ2v) is 8.70. The van der Waals surface area contributed by atoms with Crippen LogP contribution < -0.4 is 10.1 Å². The number of carbonyl (C=O) groups is 1. The standard InChI is InChI=1S/C26H27Cl2NO4/c1-4-32-26(31)23(12-17-8-6-5-7-9-17)29-18-13-21(27)25(22(28)14-18)33-19-10-11-24(30)20(15-19)16(2)3/h5-11,13-16,23,29-30H,4,12H2,1-3H3. The van der Waals surface area contributed by atoms with Crippen molar-refractivity contribution in [2.24, 2.45) is 0 Å².